The summed E-state index contributed by atoms with van der Waals surface area (Å²) in [6.45, 7) is 2.20. The maximum absolute atomic E-state index is 13.2. The molecule has 2 saturated heterocycles. The predicted octanol–water partition coefficient (Wildman–Crippen LogP) is 1.05. The maximum atomic E-state index is 13.2. The fraction of sp³-hybridized carbons (Fsp3) is 0.667. The van der Waals surface area contributed by atoms with Crippen LogP contribution in [0, 0.1) is 0 Å². The average Bonchev–Trinajstić information content (AvgIpc) is 2.30. The molecule has 0 aromatic rings. The second-order valence-corrected chi connectivity index (χ2v) is 6.48. The van der Waals surface area contributed by atoms with Crippen molar-refractivity contribution in [2.45, 2.75) is 24.5 Å². The van der Waals surface area contributed by atoms with E-state index in [0.717, 1.165) is 13.8 Å². The van der Waals surface area contributed by atoms with Crippen molar-refractivity contribution < 1.29 is 27.5 Å². The molecule has 0 aliphatic carbocycles. The normalized spacial score (nSPS) is 48.6. The Morgan fingerprint density at radius 2 is 1.38 bits per heavy atom. The topological polar surface area (TPSA) is 52.6 Å². The molecule has 0 radical (unpaired) electrons. The van der Waals surface area contributed by atoms with E-state index in [1.165, 1.54) is 0 Å². The SMILES string of the molecule is CC12OC(=O)C(=O)OC1(C)[PH]2(F)F. The van der Waals surface area contributed by atoms with Crippen molar-refractivity contribution in [1.82, 2.24) is 0 Å². The summed E-state index contributed by atoms with van der Waals surface area (Å²) in [4.78, 5) is 21.3. The summed E-state index contributed by atoms with van der Waals surface area (Å²) in [5.41, 5.74) is 0. The summed E-state index contributed by atoms with van der Waals surface area (Å²) >= 11 is 0. The van der Waals surface area contributed by atoms with Gasteiger partial charge in [0.1, 0.15) is 0 Å². The second kappa shape index (κ2) is 1.85. The fourth-order valence-electron chi connectivity index (χ4n) is 1.51. The van der Waals surface area contributed by atoms with Gasteiger partial charge in [-0.3, -0.25) is 0 Å². The van der Waals surface area contributed by atoms with Crippen LogP contribution < -0.4 is 0 Å². The van der Waals surface area contributed by atoms with Gasteiger partial charge in [-0.1, -0.05) is 0 Å². The van der Waals surface area contributed by atoms with Crippen molar-refractivity contribution in [3.05, 3.63) is 0 Å². The molecule has 0 bridgehead atoms. The first-order chi connectivity index (χ1) is 5.76. The van der Waals surface area contributed by atoms with Gasteiger partial charge in [0.15, 0.2) is 0 Å². The summed E-state index contributed by atoms with van der Waals surface area (Å²) in [7, 11) is -4.78. The quantitative estimate of drug-likeness (QED) is 0.342. The number of carbonyl (C=O) groups excluding carboxylic acids is 2. The van der Waals surface area contributed by atoms with Gasteiger partial charge in [0, 0.05) is 0 Å². The Morgan fingerprint density at radius 3 is 1.69 bits per heavy atom. The van der Waals surface area contributed by atoms with Gasteiger partial charge in [-0.05, 0) is 0 Å². The van der Waals surface area contributed by atoms with E-state index < -0.39 is 30.5 Å². The van der Waals surface area contributed by atoms with Crippen LogP contribution in [-0.2, 0) is 19.1 Å². The molecule has 0 aromatic heterocycles. The molecule has 13 heavy (non-hydrogen) atoms. The molecule has 0 N–H and O–H groups in total. The van der Waals surface area contributed by atoms with Gasteiger partial charge in [0.25, 0.3) is 0 Å². The van der Waals surface area contributed by atoms with Crippen molar-refractivity contribution in [2.24, 2.45) is 0 Å². The molecule has 0 aromatic carbocycles. The van der Waals surface area contributed by atoms with E-state index in [2.05, 4.69) is 9.47 Å². The van der Waals surface area contributed by atoms with Gasteiger partial charge in [-0.2, -0.15) is 0 Å². The number of fused-ring (bicyclic) bond motifs is 1. The first-order valence-corrected chi connectivity index (χ1v) is 5.36. The van der Waals surface area contributed by atoms with Gasteiger partial charge in [0.05, 0.1) is 0 Å². The van der Waals surface area contributed by atoms with E-state index in [9.17, 15) is 18.0 Å². The minimum atomic E-state index is -4.78. The van der Waals surface area contributed by atoms with Crippen LogP contribution in [0.25, 0.3) is 0 Å². The van der Waals surface area contributed by atoms with Gasteiger partial charge in [0.2, 0.25) is 0 Å². The summed E-state index contributed by atoms with van der Waals surface area (Å²) in [5.74, 6) is -2.66. The van der Waals surface area contributed by atoms with Crippen LogP contribution in [-0.4, -0.2) is 22.6 Å². The number of halogens is 2. The molecule has 4 nitrogen and oxygen atoms in total. The predicted molar refractivity (Wildman–Crippen MR) is 39.5 cm³/mol. The fourth-order valence-corrected chi connectivity index (χ4v) is 3.82. The number of hydrogen-bond acceptors (Lipinski definition) is 4. The van der Waals surface area contributed by atoms with Gasteiger partial charge in [-0.15, -0.1) is 0 Å². The van der Waals surface area contributed by atoms with Crippen LogP contribution in [0.15, 0.2) is 0 Å². The summed E-state index contributed by atoms with van der Waals surface area (Å²) in [6, 6.07) is 0. The molecule has 0 spiro atoms. The zero-order valence-electron chi connectivity index (χ0n) is 6.89. The van der Waals surface area contributed by atoms with Crippen LogP contribution in [0.1, 0.15) is 13.8 Å². The molecule has 7 heteroatoms. The third-order valence-corrected chi connectivity index (χ3v) is 6.11. The minimum absolute atomic E-state index is 1.10. The third kappa shape index (κ3) is 0.655. The summed E-state index contributed by atoms with van der Waals surface area (Å²) in [5, 5.41) is -3.71. The van der Waals surface area contributed by atoms with Gasteiger partial charge in [-0.25, -0.2) is 0 Å². The van der Waals surface area contributed by atoms with Crippen molar-refractivity contribution in [2.75, 3.05) is 0 Å². The Kier molecular flexibility index (Phi) is 1.25. The molecule has 2 aliphatic rings. The van der Waals surface area contributed by atoms with E-state index in [-0.39, 0.29) is 0 Å². The Labute approximate surface area is 72.8 Å². The van der Waals surface area contributed by atoms with Crippen molar-refractivity contribution in [3.63, 3.8) is 0 Å². The van der Waals surface area contributed by atoms with Crippen LogP contribution in [0.5, 0.6) is 0 Å². The molecule has 74 valence electrons. The molecular weight excluding hydrogens is 205 g/mol. The van der Waals surface area contributed by atoms with Crippen molar-refractivity contribution in [1.29, 1.82) is 0 Å². The van der Waals surface area contributed by atoms with Crippen LogP contribution in [0.2, 0.25) is 0 Å². The molecule has 2 heterocycles. The van der Waals surface area contributed by atoms with Gasteiger partial charge >= 0.3 is 71.8 Å². The van der Waals surface area contributed by atoms with E-state index in [1.54, 1.807) is 0 Å². The molecule has 2 aliphatic heterocycles. The van der Waals surface area contributed by atoms with Crippen LogP contribution >= 0.6 is 7.88 Å². The molecule has 2 unspecified atom stereocenters. The molecule has 0 saturated carbocycles. The van der Waals surface area contributed by atoms with E-state index in [4.69, 9.17) is 0 Å². The second-order valence-electron chi connectivity index (χ2n) is 3.42. The van der Waals surface area contributed by atoms with E-state index in [0.29, 0.717) is 0 Å². The Hall–Kier alpha value is -0.770. The number of carbonyl (C=O) groups is 2. The molecule has 0 amide bonds. The Bertz CT molecular complexity index is 301. The zero-order chi connectivity index (χ0) is 10.1. The Morgan fingerprint density at radius 1 is 1.08 bits per heavy atom. The number of esters is 2. The van der Waals surface area contributed by atoms with Crippen molar-refractivity contribution in [3.8, 4) is 0 Å². The molecule has 2 fully saturated rings. The van der Waals surface area contributed by atoms with Crippen LogP contribution in [0.4, 0.5) is 8.39 Å². The van der Waals surface area contributed by atoms with Crippen LogP contribution in [0.3, 0.4) is 0 Å². The first kappa shape index (κ1) is 8.81. The molecule has 2 atom stereocenters. The van der Waals surface area contributed by atoms with E-state index in [1.807, 2.05) is 0 Å². The van der Waals surface area contributed by atoms with Gasteiger partial charge < -0.3 is 0 Å². The molecule has 2 rings (SSSR count). The molecular formula is C6H7F2O4P. The zero-order valence-corrected chi connectivity index (χ0v) is 7.89. The number of hydrogen-bond donors (Lipinski definition) is 0. The third-order valence-electron chi connectivity index (χ3n) is 2.81. The first-order valence-electron chi connectivity index (χ1n) is 3.60. The summed E-state index contributed by atoms with van der Waals surface area (Å²) < 4.78 is 35.2. The Balaban J connectivity index is 2.41. The number of rotatable bonds is 0. The average molecular weight is 212 g/mol. The summed E-state index contributed by atoms with van der Waals surface area (Å²) in [6.07, 6.45) is 0. The monoisotopic (exact) mass is 212 g/mol. The number of ether oxygens (including phenoxy) is 2. The standard InChI is InChI=1S/C6H7F2O4P/c1-5-6(2,13(5,7)8)12-4(10)3(9)11-5/h13H,1-2H3. The van der Waals surface area contributed by atoms with Crippen molar-refractivity contribution >= 4 is 19.8 Å². The van der Waals surface area contributed by atoms with E-state index >= 15 is 0 Å².